The number of thioether (sulfide) groups is 1. The average molecular weight is 175 g/mol. The number of nitrogens with one attached hydrogen (secondary N) is 1. The topological polar surface area (TPSA) is 32.3 Å². The fourth-order valence-corrected chi connectivity index (χ4v) is 1.75. The highest BCUT2D eigenvalue weighted by atomic mass is 32.2. The molecule has 0 amide bonds. The molecular weight excluding hydrogens is 158 g/mol. The third kappa shape index (κ3) is 3.45. The molecule has 1 aliphatic rings. The highest BCUT2D eigenvalue weighted by Gasteiger charge is 2.17. The van der Waals surface area contributed by atoms with E-state index in [-0.39, 0.29) is 0 Å². The van der Waals surface area contributed by atoms with Crippen LogP contribution in [0.1, 0.15) is 13.3 Å². The van der Waals surface area contributed by atoms with Crippen LogP contribution in [-0.4, -0.2) is 35.8 Å². The molecule has 0 spiro atoms. The van der Waals surface area contributed by atoms with Crippen molar-refractivity contribution >= 4 is 11.8 Å². The van der Waals surface area contributed by atoms with Gasteiger partial charge in [0.1, 0.15) is 0 Å². The van der Waals surface area contributed by atoms with Crippen molar-refractivity contribution < 1.29 is 5.11 Å². The molecule has 2 nitrogen and oxygen atoms in total. The van der Waals surface area contributed by atoms with Gasteiger partial charge in [-0.2, -0.15) is 11.8 Å². The Hall–Kier alpha value is 0.270. The SMILES string of the molecule is CC(CCO)CNC1CSC1. The zero-order valence-electron chi connectivity index (χ0n) is 7.05. The van der Waals surface area contributed by atoms with Gasteiger partial charge in [-0.25, -0.2) is 0 Å². The maximum atomic E-state index is 8.64. The number of aliphatic hydroxyl groups excluding tert-OH is 1. The molecule has 0 aliphatic carbocycles. The molecule has 1 atom stereocenters. The summed E-state index contributed by atoms with van der Waals surface area (Å²) < 4.78 is 0. The molecule has 66 valence electrons. The van der Waals surface area contributed by atoms with Gasteiger partial charge in [0.05, 0.1) is 0 Å². The first-order valence-corrected chi connectivity index (χ1v) is 5.40. The second kappa shape index (κ2) is 5.01. The highest BCUT2D eigenvalue weighted by Crippen LogP contribution is 2.17. The molecule has 1 rings (SSSR count). The Morgan fingerprint density at radius 3 is 2.82 bits per heavy atom. The lowest BCUT2D eigenvalue weighted by Gasteiger charge is -2.27. The van der Waals surface area contributed by atoms with Crippen LogP contribution in [0.2, 0.25) is 0 Å². The molecule has 0 bridgehead atoms. The van der Waals surface area contributed by atoms with Crippen LogP contribution in [0.4, 0.5) is 0 Å². The molecule has 3 heteroatoms. The first-order valence-electron chi connectivity index (χ1n) is 4.25. The smallest absolute Gasteiger partial charge is 0.0434 e. The number of hydrogen-bond donors (Lipinski definition) is 2. The third-order valence-corrected chi connectivity index (χ3v) is 3.29. The normalized spacial score (nSPS) is 21.3. The van der Waals surface area contributed by atoms with Crippen molar-refractivity contribution in [3.8, 4) is 0 Å². The standard InChI is InChI=1S/C8H17NOS/c1-7(2-3-10)4-9-8-5-11-6-8/h7-10H,2-6H2,1H3. The first-order chi connectivity index (χ1) is 5.33. The van der Waals surface area contributed by atoms with Crippen molar-refractivity contribution in [1.82, 2.24) is 5.32 Å². The van der Waals surface area contributed by atoms with Gasteiger partial charge in [0.2, 0.25) is 0 Å². The van der Waals surface area contributed by atoms with E-state index < -0.39 is 0 Å². The van der Waals surface area contributed by atoms with Crippen LogP contribution in [0, 0.1) is 5.92 Å². The van der Waals surface area contributed by atoms with Gasteiger partial charge in [-0.1, -0.05) is 6.92 Å². The van der Waals surface area contributed by atoms with Crippen molar-refractivity contribution in [2.75, 3.05) is 24.7 Å². The van der Waals surface area contributed by atoms with Crippen molar-refractivity contribution in [1.29, 1.82) is 0 Å². The van der Waals surface area contributed by atoms with Crippen molar-refractivity contribution in [3.63, 3.8) is 0 Å². The molecule has 0 aromatic heterocycles. The predicted molar refractivity (Wildman–Crippen MR) is 50.0 cm³/mol. The molecule has 0 saturated carbocycles. The largest absolute Gasteiger partial charge is 0.396 e. The quantitative estimate of drug-likeness (QED) is 0.645. The van der Waals surface area contributed by atoms with Gasteiger partial charge in [-0.15, -0.1) is 0 Å². The minimum Gasteiger partial charge on any atom is -0.396 e. The third-order valence-electron chi connectivity index (χ3n) is 2.01. The first kappa shape index (κ1) is 9.36. The van der Waals surface area contributed by atoms with Gasteiger partial charge >= 0.3 is 0 Å². The molecule has 1 fully saturated rings. The lowest BCUT2D eigenvalue weighted by atomic mass is 10.1. The Morgan fingerprint density at radius 2 is 2.36 bits per heavy atom. The molecule has 0 aromatic rings. The van der Waals surface area contributed by atoms with E-state index in [4.69, 9.17) is 5.11 Å². The van der Waals surface area contributed by atoms with Gasteiger partial charge in [0, 0.05) is 24.2 Å². The number of aliphatic hydroxyl groups is 1. The van der Waals surface area contributed by atoms with Crippen LogP contribution < -0.4 is 5.32 Å². The Morgan fingerprint density at radius 1 is 1.64 bits per heavy atom. The van der Waals surface area contributed by atoms with E-state index in [0.717, 1.165) is 19.0 Å². The zero-order valence-corrected chi connectivity index (χ0v) is 7.86. The summed E-state index contributed by atoms with van der Waals surface area (Å²) in [6.45, 7) is 3.56. The molecule has 0 aromatic carbocycles. The summed E-state index contributed by atoms with van der Waals surface area (Å²) in [4.78, 5) is 0. The minimum atomic E-state index is 0.322. The van der Waals surface area contributed by atoms with Crippen molar-refractivity contribution in [2.45, 2.75) is 19.4 Å². The Bertz CT molecular complexity index is 106. The van der Waals surface area contributed by atoms with Crippen molar-refractivity contribution in [3.05, 3.63) is 0 Å². The molecule has 1 unspecified atom stereocenters. The van der Waals surface area contributed by atoms with E-state index in [1.54, 1.807) is 0 Å². The lowest BCUT2D eigenvalue weighted by molar-refractivity contribution is 0.258. The monoisotopic (exact) mass is 175 g/mol. The molecule has 2 N–H and O–H groups in total. The number of rotatable bonds is 5. The van der Waals surface area contributed by atoms with Gasteiger partial charge in [-0.3, -0.25) is 0 Å². The van der Waals surface area contributed by atoms with Crippen LogP contribution >= 0.6 is 11.8 Å². The molecule has 1 aliphatic heterocycles. The lowest BCUT2D eigenvalue weighted by Crippen LogP contribution is -2.42. The Kier molecular flexibility index (Phi) is 4.26. The van der Waals surface area contributed by atoms with Crippen LogP contribution in [0.25, 0.3) is 0 Å². The summed E-state index contributed by atoms with van der Waals surface area (Å²) in [7, 11) is 0. The fraction of sp³-hybridized carbons (Fsp3) is 1.00. The summed E-state index contributed by atoms with van der Waals surface area (Å²) in [5.74, 6) is 3.16. The minimum absolute atomic E-state index is 0.322. The summed E-state index contributed by atoms with van der Waals surface area (Å²) >= 11 is 2.00. The fourth-order valence-electron chi connectivity index (χ4n) is 1.04. The van der Waals surface area contributed by atoms with E-state index in [9.17, 15) is 0 Å². The Balaban J connectivity index is 1.92. The second-order valence-corrected chi connectivity index (χ2v) is 4.33. The van der Waals surface area contributed by atoms with Crippen LogP contribution in [0.15, 0.2) is 0 Å². The van der Waals surface area contributed by atoms with Crippen molar-refractivity contribution in [2.24, 2.45) is 5.92 Å². The van der Waals surface area contributed by atoms with Gasteiger partial charge in [0.25, 0.3) is 0 Å². The summed E-state index contributed by atoms with van der Waals surface area (Å²) in [5.41, 5.74) is 0. The van der Waals surface area contributed by atoms with E-state index in [1.807, 2.05) is 11.8 Å². The van der Waals surface area contributed by atoms with Crippen LogP contribution in [0.3, 0.4) is 0 Å². The van der Waals surface area contributed by atoms with Gasteiger partial charge < -0.3 is 10.4 Å². The number of hydrogen-bond acceptors (Lipinski definition) is 3. The molecule has 1 saturated heterocycles. The predicted octanol–water partition coefficient (Wildman–Crippen LogP) is 0.710. The molecule has 11 heavy (non-hydrogen) atoms. The van der Waals surface area contributed by atoms with Gasteiger partial charge in [0.15, 0.2) is 0 Å². The van der Waals surface area contributed by atoms with Crippen LogP contribution in [-0.2, 0) is 0 Å². The second-order valence-electron chi connectivity index (χ2n) is 3.26. The molecular formula is C8H17NOS. The van der Waals surface area contributed by atoms with E-state index in [0.29, 0.717) is 12.5 Å². The van der Waals surface area contributed by atoms with E-state index in [1.165, 1.54) is 11.5 Å². The maximum Gasteiger partial charge on any atom is 0.0434 e. The van der Waals surface area contributed by atoms with Gasteiger partial charge in [-0.05, 0) is 18.9 Å². The van der Waals surface area contributed by atoms with Crippen LogP contribution in [0.5, 0.6) is 0 Å². The van der Waals surface area contributed by atoms with E-state index >= 15 is 0 Å². The highest BCUT2D eigenvalue weighted by molar-refractivity contribution is 8.00. The molecule has 1 heterocycles. The zero-order chi connectivity index (χ0) is 8.10. The molecule has 0 radical (unpaired) electrons. The summed E-state index contributed by atoms with van der Waals surface area (Å²) in [6, 6.07) is 0.751. The summed E-state index contributed by atoms with van der Waals surface area (Å²) in [5, 5.41) is 12.1. The Labute approximate surface area is 72.8 Å². The maximum absolute atomic E-state index is 8.64. The van der Waals surface area contributed by atoms with E-state index in [2.05, 4.69) is 12.2 Å². The average Bonchev–Trinajstić information content (AvgIpc) is 1.85. The summed E-state index contributed by atoms with van der Waals surface area (Å²) in [6.07, 6.45) is 0.923.